The molecule has 0 N–H and O–H groups in total. The molecule has 0 saturated heterocycles. The van der Waals surface area contributed by atoms with Crippen LogP contribution in [-0.2, 0) is 13.6 Å². The van der Waals surface area contributed by atoms with Gasteiger partial charge in [-0.25, -0.2) is 0 Å². The average molecular weight is 176 g/mol. The summed E-state index contributed by atoms with van der Waals surface area (Å²) in [7, 11) is -3.94. The molecule has 6 heteroatoms. The summed E-state index contributed by atoms with van der Waals surface area (Å²) in [4.78, 5) is 10.4. The topological polar surface area (TPSA) is 58.6 Å². The fourth-order valence-electron chi connectivity index (χ4n) is 0.353. The number of phosphoric ester groups is 1. The predicted octanol–water partition coefficient (Wildman–Crippen LogP) is -2.47. The Morgan fingerprint density at radius 2 is 1.60 bits per heavy atom. The summed E-state index contributed by atoms with van der Waals surface area (Å²) in [6.45, 7) is 3.43. The molecule has 0 radical (unpaired) electrons. The van der Waals surface area contributed by atoms with E-state index in [2.05, 4.69) is 9.05 Å². The largest absolute Gasteiger partial charge is 1.00 e. The minimum absolute atomic E-state index is 0. The smallest absolute Gasteiger partial charge is 0.756 e. The standard InChI is InChI=1S/C4H11O4P.Na/c1-3-7-9(5,6)8-4-2;/h3-4H2,1-2H3,(H,5,6);/q;+1/p-1. The molecule has 0 bridgehead atoms. The van der Waals surface area contributed by atoms with Crippen LogP contribution in [0.1, 0.15) is 13.8 Å². The van der Waals surface area contributed by atoms with Gasteiger partial charge in [-0.05, 0) is 13.8 Å². The van der Waals surface area contributed by atoms with Crippen molar-refractivity contribution in [3.8, 4) is 0 Å². The van der Waals surface area contributed by atoms with Crippen LogP contribution in [0.15, 0.2) is 0 Å². The quantitative estimate of drug-likeness (QED) is 0.352. The van der Waals surface area contributed by atoms with Gasteiger partial charge >= 0.3 is 29.6 Å². The van der Waals surface area contributed by atoms with E-state index in [1.54, 1.807) is 13.8 Å². The van der Waals surface area contributed by atoms with Crippen LogP contribution in [-0.4, -0.2) is 13.2 Å². The van der Waals surface area contributed by atoms with Gasteiger partial charge in [0, 0.05) is 0 Å². The molecule has 0 aliphatic carbocycles. The fraction of sp³-hybridized carbons (Fsp3) is 1.00. The molecular weight excluding hydrogens is 166 g/mol. The maximum atomic E-state index is 10.4. The Morgan fingerprint density at radius 1 is 1.30 bits per heavy atom. The van der Waals surface area contributed by atoms with Crippen molar-refractivity contribution in [2.45, 2.75) is 13.8 Å². The molecule has 56 valence electrons. The van der Waals surface area contributed by atoms with E-state index in [-0.39, 0.29) is 42.8 Å². The molecule has 0 aliphatic heterocycles. The molecule has 0 spiro atoms. The van der Waals surface area contributed by atoms with Crippen molar-refractivity contribution in [2.24, 2.45) is 0 Å². The zero-order chi connectivity index (χ0) is 7.33. The van der Waals surface area contributed by atoms with Crippen molar-refractivity contribution >= 4 is 7.82 Å². The molecule has 0 aromatic heterocycles. The van der Waals surface area contributed by atoms with Crippen molar-refractivity contribution in [3.63, 3.8) is 0 Å². The first-order valence-electron chi connectivity index (χ1n) is 2.72. The normalized spacial score (nSPS) is 10.7. The molecule has 0 atom stereocenters. The van der Waals surface area contributed by atoms with Crippen LogP contribution >= 0.6 is 7.82 Å². The molecule has 0 fully saturated rings. The van der Waals surface area contributed by atoms with Gasteiger partial charge < -0.3 is 13.9 Å². The van der Waals surface area contributed by atoms with Crippen molar-refractivity contribution in [2.75, 3.05) is 13.2 Å². The minimum atomic E-state index is -3.94. The maximum Gasteiger partial charge on any atom is 1.00 e. The van der Waals surface area contributed by atoms with Crippen molar-refractivity contribution in [1.82, 2.24) is 0 Å². The predicted molar refractivity (Wildman–Crippen MR) is 30.9 cm³/mol. The molecule has 0 aromatic rings. The molecule has 4 nitrogen and oxygen atoms in total. The summed E-state index contributed by atoms with van der Waals surface area (Å²) in [5.41, 5.74) is 0. The minimum Gasteiger partial charge on any atom is -0.756 e. The van der Waals surface area contributed by atoms with E-state index in [0.717, 1.165) is 0 Å². The third-order valence-corrected chi connectivity index (χ3v) is 1.72. The molecule has 0 unspecified atom stereocenters. The summed E-state index contributed by atoms with van der Waals surface area (Å²) in [6.07, 6.45) is 0. The van der Waals surface area contributed by atoms with E-state index in [9.17, 15) is 9.46 Å². The second-order valence-corrected chi connectivity index (χ2v) is 2.69. The first-order chi connectivity index (χ1) is 4.12. The number of phosphoric acid groups is 1. The molecule has 0 heterocycles. The molecular formula is C4H10NaO4P. The monoisotopic (exact) mass is 176 g/mol. The van der Waals surface area contributed by atoms with Gasteiger partial charge in [-0.3, -0.25) is 4.57 Å². The van der Waals surface area contributed by atoms with Crippen LogP contribution in [0, 0.1) is 0 Å². The summed E-state index contributed by atoms with van der Waals surface area (Å²) in [6, 6.07) is 0. The Hall–Kier alpha value is 1.11. The number of hydrogen-bond donors (Lipinski definition) is 0. The van der Waals surface area contributed by atoms with Gasteiger partial charge in [0.15, 0.2) is 0 Å². The second kappa shape index (κ2) is 6.80. The Bertz CT molecular complexity index is 108. The molecule has 0 aromatic carbocycles. The molecule has 10 heavy (non-hydrogen) atoms. The van der Waals surface area contributed by atoms with E-state index in [4.69, 9.17) is 0 Å². The SMILES string of the molecule is CCOP(=O)([O-])OCC.[Na+]. The Labute approximate surface area is 82.8 Å². The van der Waals surface area contributed by atoms with E-state index in [1.807, 2.05) is 0 Å². The Kier molecular flexibility index (Phi) is 9.30. The third kappa shape index (κ3) is 7.22. The van der Waals surface area contributed by atoms with Crippen LogP contribution in [0.3, 0.4) is 0 Å². The average Bonchev–Trinajstić information content (AvgIpc) is 1.64. The van der Waals surface area contributed by atoms with Gasteiger partial charge in [0.1, 0.15) is 0 Å². The van der Waals surface area contributed by atoms with Gasteiger partial charge in [0.05, 0.1) is 13.2 Å². The van der Waals surface area contributed by atoms with Crippen LogP contribution in [0.25, 0.3) is 0 Å². The summed E-state index contributed by atoms with van der Waals surface area (Å²) in [5.74, 6) is 0. The van der Waals surface area contributed by atoms with Crippen molar-refractivity contribution in [3.05, 3.63) is 0 Å². The van der Waals surface area contributed by atoms with Crippen LogP contribution in [0.4, 0.5) is 0 Å². The third-order valence-electron chi connectivity index (χ3n) is 0.574. The van der Waals surface area contributed by atoms with E-state index >= 15 is 0 Å². The van der Waals surface area contributed by atoms with E-state index in [0.29, 0.717) is 0 Å². The van der Waals surface area contributed by atoms with Crippen molar-refractivity contribution < 1.29 is 48.1 Å². The van der Waals surface area contributed by atoms with Gasteiger partial charge in [0.2, 0.25) is 0 Å². The fourth-order valence-corrected chi connectivity index (χ4v) is 1.06. The van der Waals surface area contributed by atoms with Crippen LogP contribution < -0.4 is 34.5 Å². The van der Waals surface area contributed by atoms with Gasteiger partial charge in [-0.2, -0.15) is 0 Å². The molecule has 0 aliphatic rings. The first-order valence-corrected chi connectivity index (χ1v) is 4.18. The van der Waals surface area contributed by atoms with E-state index < -0.39 is 7.82 Å². The Balaban J connectivity index is 0. The van der Waals surface area contributed by atoms with Gasteiger partial charge in [0.25, 0.3) is 7.82 Å². The summed E-state index contributed by atoms with van der Waals surface area (Å²) in [5, 5.41) is 0. The molecule has 0 amide bonds. The van der Waals surface area contributed by atoms with Gasteiger partial charge in [-0.1, -0.05) is 0 Å². The zero-order valence-electron chi connectivity index (χ0n) is 6.49. The maximum absolute atomic E-state index is 10.4. The second-order valence-electron chi connectivity index (χ2n) is 1.28. The van der Waals surface area contributed by atoms with Crippen LogP contribution in [0.2, 0.25) is 0 Å². The van der Waals surface area contributed by atoms with E-state index in [1.165, 1.54) is 0 Å². The zero-order valence-corrected chi connectivity index (χ0v) is 9.39. The molecule has 0 rings (SSSR count). The van der Waals surface area contributed by atoms with Gasteiger partial charge in [-0.15, -0.1) is 0 Å². The number of hydrogen-bond acceptors (Lipinski definition) is 4. The Morgan fingerprint density at radius 3 is 1.80 bits per heavy atom. The summed E-state index contributed by atoms with van der Waals surface area (Å²) >= 11 is 0. The van der Waals surface area contributed by atoms with Crippen molar-refractivity contribution in [1.29, 1.82) is 0 Å². The number of rotatable bonds is 4. The summed E-state index contributed by atoms with van der Waals surface area (Å²) < 4.78 is 18.9. The first kappa shape index (κ1) is 13.7. The van der Waals surface area contributed by atoms with Crippen LogP contribution in [0.5, 0.6) is 0 Å². The molecule has 0 saturated carbocycles.